The van der Waals surface area contributed by atoms with Crippen molar-refractivity contribution in [2.24, 2.45) is 5.92 Å². The number of Topliss-reactive ketones (excluding diaryl/α,β-unsaturated/α-hetero) is 2. The molecule has 0 amide bonds. The molecule has 0 aromatic heterocycles. The van der Waals surface area contributed by atoms with Crippen molar-refractivity contribution in [1.82, 2.24) is 0 Å². The molecular formula is C15H16ClF3O2. The number of hydrogen-bond acceptors (Lipinski definition) is 2. The summed E-state index contributed by atoms with van der Waals surface area (Å²) in [6.45, 7) is 2.90. The van der Waals surface area contributed by atoms with Crippen LogP contribution in [0.2, 0.25) is 5.02 Å². The molecule has 1 rings (SSSR count). The van der Waals surface area contributed by atoms with Crippen LogP contribution in [-0.4, -0.2) is 17.7 Å². The van der Waals surface area contributed by atoms with Crippen LogP contribution in [0.4, 0.5) is 13.2 Å². The molecule has 2 nitrogen and oxygen atoms in total. The van der Waals surface area contributed by atoms with E-state index in [4.69, 9.17) is 11.6 Å². The van der Waals surface area contributed by atoms with Gasteiger partial charge in [-0.25, -0.2) is 0 Å². The summed E-state index contributed by atoms with van der Waals surface area (Å²) in [5, 5.41) is 0.412. The van der Waals surface area contributed by atoms with Crippen molar-refractivity contribution in [1.29, 1.82) is 0 Å². The van der Waals surface area contributed by atoms with Gasteiger partial charge in [0.2, 0.25) is 5.78 Å². The predicted molar refractivity (Wildman–Crippen MR) is 74.3 cm³/mol. The summed E-state index contributed by atoms with van der Waals surface area (Å²) < 4.78 is 37.8. The fourth-order valence-electron chi connectivity index (χ4n) is 2.23. The minimum Gasteiger partial charge on any atom is -0.299 e. The van der Waals surface area contributed by atoms with Crippen LogP contribution in [0.15, 0.2) is 24.3 Å². The zero-order valence-corrected chi connectivity index (χ0v) is 12.5. The quantitative estimate of drug-likeness (QED) is 0.770. The zero-order chi connectivity index (χ0) is 16.2. The average Bonchev–Trinajstić information content (AvgIpc) is 2.39. The van der Waals surface area contributed by atoms with Crippen molar-refractivity contribution < 1.29 is 22.8 Å². The third-order valence-corrected chi connectivity index (χ3v) is 3.52. The van der Waals surface area contributed by atoms with Crippen LogP contribution in [0.5, 0.6) is 0 Å². The monoisotopic (exact) mass is 320 g/mol. The molecule has 1 aromatic rings. The number of hydrogen-bond donors (Lipinski definition) is 0. The Bertz CT molecular complexity index is 509. The Morgan fingerprint density at radius 2 is 1.71 bits per heavy atom. The second-order valence-electron chi connectivity index (χ2n) is 4.90. The Morgan fingerprint density at radius 1 is 1.19 bits per heavy atom. The molecule has 0 heterocycles. The molecular weight excluding hydrogens is 305 g/mol. The first kappa shape index (κ1) is 17.7. The number of carbonyl (C=O) groups excluding carboxylic acids is 2. The number of carbonyl (C=O) groups is 2. The highest BCUT2D eigenvalue weighted by atomic mass is 35.5. The molecule has 0 fully saturated rings. The molecule has 0 N–H and O–H groups in total. The third-order valence-electron chi connectivity index (χ3n) is 3.27. The highest BCUT2D eigenvalue weighted by molar-refractivity contribution is 6.30. The average molecular weight is 321 g/mol. The van der Waals surface area contributed by atoms with Gasteiger partial charge >= 0.3 is 6.18 Å². The molecule has 6 heteroatoms. The molecule has 2 unspecified atom stereocenters. The first-order chi connectivity index (χ1) is 9.68. The molecule has 0 aliphatic carbocycles. The van der Waals surface area contributed by atoms with Gasteiger partial charge in [0.05, 0.1) is 5.92 Å². The van der Waals surface area contributed by atoms with E-state index < -0.39 is 23.8 Å². The lowest BCUT2D eigenvalue weighted by Gasteiger charge is -2.23. The van der Waals surface area contributed by atoms with Gasteiger partial charge in [-0.15, -0.1) is 0 Å². The molecule has 0 aliphatic rings. The molecule has 0 spiro atoms. The van der Waals surface area contributed by atoms with Gasteiger partial charge in [-0.1, -0.05) is 37.6 Å². The van der Waals surface area contributed by atoms with Crippen LogP contribution in [0, 0.1) is 5.92 Å². The molecule has 0 radical (unpaired) electrons. The lowest BCUT2D eigenvalue weighted by molar-refractivity contribution is -0.176. The lowest BCUT2D eigenvalue weighted by Crippen LogP contribution is -2.35. The van der Waals surface area contributed by atoms with Crippen molar-refractivity contribution >= 4 is 23.2 Å². The highest BCUT2D eigenvalue weighted by Gasteiger charge is 2.45. The fraction of sp³-hybridized carbons (Fsp3) is 0.467. The van der Waals surface area contributed by atoms with Gasteiger partial charge in [-0.05, 0) is 24.1 Å². The van der Waals surface area contributed by atoms with Gasteiger partial charge in [0.15, 0.2) is 0 Å². The normalized spacial score (nSPS) is 14.6. The number of halogens is 4. The Labute approximate surface area is 126 Å². The van der Waals surface area contributed by atoms with Gasteiger partial charge in [-0.3, -0.25) is 9.59 Å². The molecule has 116 valence electrons. The molecule has 0 saturated heterocycles. The summed E-state index contributed by atoms with van der Waals surface area (Å²) in [4.78, 5) is 23.6. The van der Waals surface area contributed by atoms with Crippen molar-refractivity contribution in [3.8, 4) is 0 Å². The summed E-state index contributed by atoms with van der Waals surface area (Å²) in [6.07, 6.45) is -4.31. The van der Waals surface area contributed by atoms with Crippen molar-refractivity contribution in [2.45, 2.75) is 38.8 Å². The minimum absolute atomic E-state index is 0.128. The van der Waals surface area contributed by atoms with Crippen molar-refractivity contribution in [3.63, 3.8) is 0 Å². The highest BCUT2D eigenvalue weighted by Crippen LogP contribution is 2.33. The van der Waals surface area contributed by atoms with E-state index in [2.05, 4.69) is 0 Å². The summed E-state index contributed by atoms with van der Waals surface area (Å²) in [5.74, 6) is -4.81. The van der Waals surface area contributed by atoms with E-state index in [9.17, 15) is 22.8 Å². The first-order valence-corrected chi connectivity index (χ1v) is 6.95. The van der Waals surface area contributed by atoms with Gasteiger partial charge in [-0.2, -0.15) is 13.2 Å². The second-order valence-corrected chi connectivity index (χ2v) is 5.33. The fourth-order valence-corrected chi connectivity index (χ4v) is 2.36. The van der Waals surface area contributed by atoms with Crippen LogP contribution in [0.1, 0.15) is 38.2 Å². The van der Waals surface area contributed by atoms with Crippen LogP contribution in [0.3, 0.4) is 0 Å². The van der Waals surface area contributed by atoms with Gasteiger partial charge in [0.25, 0.3) is 0 Å². The molecule has 0 aliphatic heterocycles. The minimum atomic E-state index is -4.95. The topological polar surface area (TPSA) is 34.1 Å². The standard InChI is InChI=1S/C15H16ClF3O2/c1-3-4-12(20)13(9(2)14(21)15(17,18)19)10-5-7-11(16)8-6-10/h5-9,13H,3-4H2,1-2H3. The van der Waals surface area contributed by atoms with Gasteiger partial charge in [0, 0.05) is 17.4 Å². The largest absolute Gasteiger partial charge is 0.450 e. The lowest BCUT2D eigenvalue weighted by atomic mass is 9.80. The second kappa shape index (κ2) is 7.07. The molecule has 0 saturated carbocycles. The van der Waals surface area contributed by atoms with E-state index in [1.165, 1.54) is 24.3 Å². The maximum absolute atomic E-state index is 12.6. The molecule has 21 heavy (non-hydrogen) atoms. The SMILES string of the molecule is CCCC(=O)C(c1ccc(Cl)cc1)C(C)C(=O)C(F)(F)F. The smallest absolute Gasteiger partial charge is 0.299 e. The van der Waals surface area contributed by atoms with E-state index in [1.807, 2.05) is 0 Å². The number of alkyl halides is 3. The van der Waals surface area contributed by atoms with Crippen LogP contribution in [-0.2, 0) is 9.59 Å². The Hall–Kier alpha value is -1.36. The summed E-state index contributed by atoms with van der Waals surface area (Å²) in [5.41, 5.74) is 0.378. The Kier molecular flexibility index (Phi) is 5.96. The Morgan fingerprint density at radius 3 is 2.14 bits per heavy atom. The predicted octanol–water partition coefficient (Wildman–Crippen LogP) is 4.56. The molecule has 2 atom stereocenters. The van der Waals surface area contributed by atoms with E-state index in [0.29, 0.717) is 17.0 Å². The number of rotatable bonds is 6. The maximum atomic E-state index is 12.6. The van der Waals surface area contributed by atoms with E-state index in [-0.39, 0.29) is 12.2 Å². The van der Waals surface area contributed by atoms with E-state index in [1.54, 1.807) is 6.92 Å². The summed E-state index contributed by atoms with van der Waals surface area (Å²) in [7, 11) is 0. The van der Waals surface area contributed by atoms with E-state index >= 15 is 0 Å². The third kappa shape index (κ3) is 4.56. The summed E-state index contributed by atoms with van der Waals surface area (Å²) in [6, 6.07) is 5.96. The van der Waals surface area contributed by atoms with Crippen LogP contribution < -0.4 is 0 Å². The zero-order valence-electron chi connectivity index (χ0n) is 11.7. The molecule has 0 bridgehead atoms. The van der Waals surface area contributed by atoms with Gasteiger partial charge in [0.1, 0.15) is 5.78 Å². The van der Waals surface area contributed by atoms with E-state index in [0.717, 1.165) is 6.92 Å². The van der Waals surface area contributed by atoms with Crippen molar-refractivity contribution in [2.75, 3.05) is 0 Å². The van der Waals surface area contributed by atoms with Gasteiger partial charge < -0.3 is 0 Å². The number of ketones is 2. The Balaban J connectivity index is 3.17. The first-order valence-electron chi connectivity index (χ1n) is 6.57. The van der Waals surface area contributed by atoms with Crippen molar-refractivity contribution in [3.05, 3.63) is 34.9 Å². The van der Waals surface area contributed by atoms with Crippen LogP contribution in [0.25, 0.3) is 0 Å². The number of benzene rings is 1. The molecule has 1 aromatic carbocycles. The van der Waals surface area contributed by atoms with Crippen LogP contribution >= 0.6 is 11.6 Å². The maximum Gasteiger partial charge on any atom is 0.450 e. The summed E-state index contributed by atoms with van der Waals surface area (Å²) >= 11 is 5.74.